The molecule has 111 heavy (non-hydrogen) atoms. The van der Waals surface area contributed by atoms with Gasteiger partial charge in [-0.25, -0.2) is 9.13 Å². The lowest BCUT2D eigenvalue weighted by atomic mass is 9.99. The number of carbonyl (C=O) groups is 4. The zero-order valence-corrected chi connectivity index (χ0v) is 75.1. The van der Waals surface area contributed by atoms with E-state index in [9.17, 15) is 43.2 Å². The Morgan fingerprint density at radius 1 is 0.261 bits per heavy atom. The number of ether oxygens (including phenoxy) is 4. The van der Waals surface area contributed by atoms with Crippen LogP contribution in [0.2, 0.25) is 0 Å². The van der Waals surface area contributed by atoms with Crippen molar-refractivity contribution < 1.29 is 80.2 Å². The molecule has 19 heteroatoms. The van der Waals surface area contributed by atoms with Crippen molar-refractivity contribution in [1.29, 1.82) is 0 Å². The maximum Gasteiger partial charge on any atom is 0.472 e. The summed E-state index contributed by atoms with van der Waals surface area (Å²) in [5.41, 5.74) is 0. The summed E-state index contributed by atoms with van der Waals surface area (Å²) in [5, 5.41) is 10.7. The van der Waals surface area contributed by atoms with Crippen LogP contribution in [-0.4, -0.2) is 96.7 Å². The molecule has 6 atom stereocenters. The van der Waals surface area contributed by atoms with Crippen LogP contribution >= 0.6 is 15.6 Å². The van der Waals surface area contributed by atoms with Crippen LogP contribution in [-0.2, 0) is 65.4 Å². The number of phosphoric acid groups is 2. The molecule has 0 aliphatic heterocycles. The van der Waals surface area contributed by atoms with Gasteiger partial charge in [-0.05, 0) is 37.5 Å². The fraction of sp³-hybridized carbons (Fsp3) is 0.957. The molecule has 3 unspecified atom stereocenters. The minimum absolute atomic E-state index is 0.109. The van der Waals surface area contributed by atoms with Gasteiger partial charge in [0.25, 0.3) is 0 Å². The van der Waals surface area contributed by atoms with Crippen molar-refractivity contribution in [3.63, 3.8) is 0 Å². The number of rotatable bonds is 91. The second kappa shape index (κ2) is 83.1. The Balaban J connectivity index is 5.23. The highest BCUT2D eigenvalue weighted by Gasteiger charge is 2.31. The van der Waals surface area contributed by atoms with Crippen molar-refractivity contribution >= 4 is 39.5 Å². The van der Waals surface area contributed by atoms with Crippen molar-refractivity contribution in [1.82, 2.24) is 0 Å². The lowest BCUT2D eigenvalue weighted by Crippen LogP contribution is -2.30. The average Bonchev–Trinajstić information content (AvgIpc) is 0.898. The highest BCUT2D eigenvalue weighted by atomic mass is 31.2. The standard InChI is InChI=1S/C92H180O17P2/c1-7-10-12-14-16-18-20-21-22-23-24-28-35-40-46-52-58-64-70-76-91(96)108-87(80-102-89(94)74-68-62-56-50-42-19-17-15-13-11-8-2)82-106-110(98,99)104-78-86(93)79-105-111(100,101)107-83-88(81-103-90(95)75-69-63-57-51-45-39-34-31-30-32-37-43-48-54-60-66-72-84(4)5)109-92(97)77-71-65-59-53-47-41-36-29-26-25-27-33-38-44-49-55-61-67-73-85(6)9-3/h84-88,93H,7-83H2,1-6H3,(H,98,99)(H,100,101)/t85?,86-,87+,88+/m0/s1. The Hall–Kier alpha value is -1.94. The van der Waals surface area contributed by atoms with Gasteiger partial charge in [-0.15, -0.1) is 0 Å². The third kappa shape index (κ3) is 84.3. The third-order valence-electron chi connectivity index (χ3n) is 22.1. The Bertz CT molecular complexity index is 2120. The fourth-order valence-corrected chi connectivity index (χ4v) is 16.0. The predicted octanol–water partition coefficient (Wildman–Crippen LogP) is 28.6. The first-order valence-electron chi connectivity index (χ1n) is 47.5. The largest absolute Gasteiger partial charge is 0.472 e. The van der Waals surface area contributed by atoms with E-state index in [4.69, 9.17) is 37.0 Å². The van der Waals surface area contributed by atoms with E-state index in [1.165, 1.54) is 315 Å². The number of unbranched alkanes of at least 4 members (excludes halogenated alkanes) is 60. The first-order chi connectivity index (χ1) is 53.9. The molecule has 0 spiro atoms. The minimum atomic E-state index is -4.97. The van der Waals surface area contributed by atoms with Gasteiger partial charge in [0.15, 0.2) is 12.2 Å². The molecular weight excluding hydrogens is 1440 g/mol. The number of phosphoric ester groups is 2. The average molecular weight is 1620 g/mol. The second-order valence-corrected chi connectivity index (χ2v) is 36.7. The van der Waals surface area contributed by atoms with Crippen LogP contribution in [0.5, 0.6) is 0 Å². The molecule has 0 bridgehead atoms. The number of esters is 4. The minimum Gasteiger partial charge on any atom is -0.462 e. The molecule has 0 aliphatic rings. The Labute approximate surface area is 683 Å². The predicted molar refractivity (Wildman–Crippen MR) is 460 cm³/mol. The molecule has 0 aliphatic carbocycles. The molecule has 660 valence electrons. The third-order valence-corrected chi connectivity index (χ3v) is 24.0. The lowest BCUT2D eigenvalue weighted by Gasteiger charge is -2.21. The van der Waals surface area contributed by atoms with Crippen molar-refractivity contribution in [2.24, 2.45) is 11.8 Å². The highest BCUT2D eigenvalue weighted by Crippen LogP contribution is 2.45. The molecule has 0 saturated carbocycles. The Kier molecular flexibility index (Phi) is 81.7. The quantitative estimate of drug-likeness (QED) is 0.0222. The molecular formula is C92H180O17P2. The van der Waals surface area contributed by atoms with Crippen LogP contribution in [0, 0.1) is 11.8 Å². The smallest absolute Gasteiger partial charge is 0.462 e. The molecule has 0 heterocycles. The number of hydrogen-bond donors (Lipinski definition) is 3. The molecule has 0 rings (SSSR count). The van der Waals surface area contributed by atoms with Gasteiger partial charge in [-0.1, -0.05) is 446 Å². The summed E-state index contributed by atoms with van der Waals surface area (Å²) in [7, 11) is -9.94. The molecule has 0 saturated heterocycles. The maximum absolute atomic E-state index is 13.2. The van der Waals surface area contributed by atoms with Crippen LogP contribution in [0.3, 0.4) is 0 Å². The van der Waals surface area contributed by atoms with E-state index < -0.39 is 97.5 Å². The van der Waals surface area contributed by atoms with Gasteiger partial charge >= 0.3 is 39.5 Å². The van der Waals surface area contributed by atoms with E-state index in [1.54, 1.807) is 0 Å². The summed E-state index contributed by atoms with van der Waals surface area (Å²) in [6.45, 7) is 9.81. The zero-order valence-electron chi connectivity index (χ0n) is 73.3. The van der Waals surface area contributed by atoms with Crippen LogP contribution in [0.15, 0.2) is 0 Å². The van der Waals surface area contributed by atoms with Crippen LogP contribution in [0.4, 0.5) is 0 Å². The van der Waals surface area contributed by atoms with E-state index in [-0.39, 0.29) is 25.7 Å². The number of aliphatic hydroxyl groups is 1. The number of carbonyl (C=O) groups excluding carboxylic acids is 4. The van der Waals surface area contributed by atoms with Crippen molar-refractivity contribution in [3.05, 3.63) is 0 Å². The topological polar surface area (TPSA) is 237 Å². The van der Waals surface area contributed by atoms with E-state index >= 15 is 0 Å². The summed E-state index contributed by atoms with van der Waals surface area (Å²) in [6, 6.07) is 0. The van der Waals surface area contributed by atoms with E-state index in [0.717, 1.165) is 102 Å². The first-order valence-corrected chi connectivity index (χ1v) is 50.5. The Morgan fingerprint density at radius 3 is 0.685 bits per heavy atom. The molecule has 0 aromatic rings. The number of hydrogen-bond acceptors (Lipinski definition) is 15. The monoisotopic (exact) mass is 1620 g/mol. The van der Waals surface area contributed by atoms with Crippen LogP contribution in [0.25, 0.3) is 0 Å². The van der Waals surface area contributed by atoms with Gasteiger partial charge in [0.05, 0.1) is 26.4 Å². The van der Waals surface area contributed by atoms with E-state index in [2.05, 4.69) is 41.5 Å². The van der Waals surface area contributed by atoms with Crippen molar-refractivity contribution in [2.45, 2.75) is 516 Å². The van der Waals surface area contributed by atoms with Crippen molar-refractivity contribution in [3.8, 4) is 0 Å². The Morgan fingerprint density at radius 2 is 0.459 bits per heavy atom. The summed E-state index contributed by atoms with van der Waals surface area (Å²) in [4.78, 5) is 73.4. The molecule has 0 radical (unpaired) electrons. The molecule has 0 aromatic heterocycles. The van der Waals surface area contributed by atoms with Gasteiger partial charge in [0.2, 0.25) is 0 Å². The summed E-state index contributed by atoms with van der Waals surface area (Å²) >= 11 is 0. The van der Waals surface area contributed by atoms with Crippen LogP contribution in [0.1, 0.15) is 497 Å². The van der Waals surface area contributed by atoms with E-state index in [1.807, 2.05) is 0 Å². The second-order valence-electron chi connectivity index (χ2n) is 33.8. The molecule has 0 amide bonds. The van der Waals surface area contributed by atoms with E-state index in [0.29, 0.717) is 25.7 Å². The van der Waals surface area contributed by atoms with Gasteiger partial charge < -0.3 is 33.8 Å². The van der Waals surface area contributed by atoms with Gasteiger partial charge in [0.1, 0.15) is 19.3 Å². The normalized spacial score (nSPS) is 14.0. The highest BCUT2D eigenvalue weighted by molar-refractivity contribution is 7.47. The molecule has 17 nitrogen and oxygen atoms in total. The zero-order chi connectivity index (χ0) is 81.3. The van der Waals surface area contributed by atoms with Gasteiger partial charge in [0, 0.05) is 25.7 Å². The lowest BCUT2D eigenvalue weighted by molar-refractivity contribution is -0.161. The first kappa shape index (κ1) is 109. The maximum atomic E-state index is 13.2. The van der Waals surface area contributed by atoms with Crippen LogP contribution < -0.4 is 0 Å². The summed E-state index contributed by atoms with van der Waals surface area (Å²) in [5.74, 6) is -0.410. The SMILES string of the molecule is CCCCCCCCCCCCCCCCCCCCCC(=O)O[C@H](COC(=O)CCCCCCCCCCCCC)COP(=O)(O)OC[C@H](O)COP(=O)(O)OC[C@@H](COC(=O)CCCCCCCCCCCCCCCCCCC(C)C)OC(=O)CCCCCCCCCCCCCCCCCCCCC(C)CC. The van der Waals surface area contributed by atoms with Gasteiger partial charge in [-0.2, -0.15) is 0 Å². The fourth-order valence-electron chi connectivity index (χ4n) is 14.4. The van der Waals surface area contributed by atoms with Gasteiger partial charge in [-0.3, -0.25) is 37.3 Å². The number of aliphatic hydroxyl groups excluding tert-OH is 1. The summed E-state index contributed by atoms with van der Waals surface area (Å²) in [6.07, 6.45) is 77.8. The molecule has 3 N–H and O–H groups in total. The molecule has 0 aromatic carbocycles. The summed E-state index contributed by atoms with van der Waals surface area (Å²) < 4.78 is 69.1. The molecule has 0 fully saturated rings. The van der Waals surface area contributed by atoms with Crippen molar-refractivity contribution in [2.75, 3.05) is 39.6 Å².